The summed E-state index contributed by atoms with van der Waals surface area (Å²) in [5.41, 5.74) is 0.713. The van der Waals surface area contributed by atoms with E-state index in [9.17, 15) is 9.90 Å². The van der Waals surface area contributed by atoms with Gasteiger partial charge < -0.3 is 10.1 Å². The summed E-state index contributed by atoms with van der Waals surface area (Å²) < 4.78 is 0. The normalized spacial score (nSPS) is 13.4. The Hall–Kier alpha value is -1.69. The van der Waals surface area contributed by atoms with Crippen molar-refractivity contribution >= 4 is 11.2 Å². The third-order valence-corrected chi connectivity index (χ3v) is 1.73. The first-order valence-electron chi connectivity index (χ1n) is 3.80. The van der Waals surface area contributed by atoms with Gasteiger partial charge in [0.15, 0.2) is 5.65 Å². The third kappa shape index (κ3) is 1.20. The van der Waals surface area contributed by atoms with E-state index in [4.69, 9.17) is 0 Å². The van der Waals surface area contributed by atoms with Gasteiger partial charge in [-0.15, -0.1) is 0 Å². The fourth-order valence-corrected chi connectivity index (χ4v) is 1.10. The summed E-state index contributed by atoms with van der Waals surface area (Å²) in [5.74, 6) is 0. The molecule has 13 heavy (non-hydrogen) atoms. The zero-order valence-electron chi connectivity index (χ0n) is 6.90. The topological polar surface area (TPSA) is 94.7 Å². The van der Waals surface area contributed by atoms with Crippen molar-refractivity contribution in [3.63, 3.8) is 0 Å². The second-order valence-electron chi connectivity index (χ2n) is 2.76. The number of aromatic nitrogens is 4. The van der Waals surface area contributed by atoms with Crippen LogP contribution in [0.4, 0.5) is 0 Å². The highest BCUT2D eigenvalue weighted by Gasteiger charge is 2.10. The first-order valence-corrected chi connectivity index (χ1v) is 3.80. The van der Waals surface area contributed by atoms with Crippen LogP contribution in [0.3, 0.4) is 0 Å². The zero-order chi connectivity index (χ0) is 9.42. The molecule has 0 aliphatic heterocycles. The van der Waals surface area contributed by atoms with E-state index < -0.39 is 6.10 Å². The molecule has 2 aromatic heterocycles. The van der Waals surface area contributed by atoms with Crippen molar-refractivity contribution < 1.29 is 5.11 Å². The maximum atomic E-state index is 11.3. The number of hydrogen-bond donors (Lipinski definition) is 3. The molecule has 0 aromatic carbocycles. The highest BCUT2D eigenvalue weighted by Crippen LogP contribution is 2.06. The SMILES string of the molecule is CC(O)c1nc2[nH]ncc2[nH]c1=O. The number of nitrogens with zero attached hydrogens (tertiary/aromatic N) is 2. The fourth-order valence-electron chi connectivity index (χ4n) is 1.10. The Labute approximate surface area is 72.6 Å². The van der Waals surface area contributed by atoms with Crippen molar-refractivity contribution in [2.24, 2.45) is 0 Å². The number of rotatable bonds is 1. The standard InChI is InChI=1S/C7H8N4O2/c1-3(12)5-7(13)9-4-2-8-11-6(4)10-5/h2-3,12H,1H3,(H,9,13)(H,8,10,11). The van der Waals surface area contributed by atoms with Crippen LogP contribution in [0.15, 0.2) is 11.0 Å². The smallest absolute Gasteiger partial charge is 0.272 e. The van der Waals surface area contributed by atoms with Crippen LogP contribution in [0, 0.1) is 0 Å². The molecule has 0 saturated carbocycles. The molecule has 0 aliphatic rings. The van der Waals surface area contributed by atoms with Crippen molar-refractivity contribution in [2.45, 2.75) is 13.0 Å². The molecule has 2 heterocycles. The lowest BCUT2D eigenvalue weighted by Gasteiger charge is -2.00. The lowest BCUT2D eigenvalue weighted by atomic mass is 10.3. The molecule has 0 aliphatic carbocycles. The maximum Gasteiger partial charge on any atom is 0.272 e. The summed E-state index contributed by atoms with van der Waals surface area (Å²) in [4.78, 5) is 17.7. The van der Waals surface area contributed by atoms with Crippen molar-refractivity contribution in [1.82, 2.24) is 20.2 Å². The second-order valence-corrected chi connectivity index (χ2v) is 2.76. The van der Waals surface area contributed by atoms with E-state index in [1.807, 2.05) is 0 Å². The van der Waals surface area contributed by atoms with Crippen LogP contribution < -0.4 is 5.56 Å². The van der Waals surface area contributed by atoms with E-state index in [0.717, 1.165) is 0 Å². The van der Waals surface area contributed by atoms with Crippen LogP contribution in [-0.2, 0) is 0 Å². The highest BCUT2D eigenvalue weighted by atomic mass is 16.3. The van der Waals surface area contributed by atoms with E-state index in [-0.39, 0.29) is 11.3 Å². The van der Waals surface area contributed by atoms with E-state index in [2.05, 4.69) is 20.2 Å². The predicted octanol–water partition coefficient (Wildman–Crippen LogP) is -0.301. The van der Waals surface area contributed by atoms with Crippen LogP contribution in [-0.4, -0.2) is 25.3 Å². The van der Waals surface area contributed by atoms with Crippen molar-refractivity contribution in [2.75, 3.05) is 0 Å². The van der Waals surface area contributed by atoms with Gasteiger partial charge in [0.05, 0.1) is 12.3 Å². The van der Waals surface area contributed by atoms with Gasteiger partial charge in [-0.05, 0) is 6.92 Å². The van der Waals surface area contributed by atoms with Gasteiger partial charge in [0.25, 0.3) is 5.56 Å². The van der Waals surface area contributed by atoms with Crippen LogP contribution in [0.2, 0.25) is 0 Å². The van der Waals surface area contributed by atoms with Gasteiger partial charge in [0.1, 0.15) is 11.2 Å². The number of H-pyrrole nitrogens is 2. The van der Waals surface area contributed by atoms with Gasteiger partial charge in [-0.25, -0.2) is 4.98 Å². The minimum absolute atomic E-state index is 0.0942. The zero-order valence-corrected chi connectivity index (χ0v) is 6.90. The number of aliphatic hydroxyl groups excluding tert-OH is 1. The average Bonchev–Trinajstić information content (AvgIpc) is 2.48. The Kier molecular flexibility index (Phi) is 1.63. The number of fused-ring (bicyclic) bond motifs is 1. The number of aromatic amines is 2. The first-order chi connectivity index (χ1) is 6.18. The predicted molar refractivity (Wildman–Crippen MR) is 45.1 cm³/mol. The van der Waals surface area contributed by atoms with Crippen LogP contribution in [0.25, 0.3) is 11.2 Å². The molecule has 6 nitrogen and oxygen atoms in total. The molecule has 6 heteroatoms. The molecule has 2 aromatic rings. The second kappa shape index (κ2) is 2.67. The number of hydrogen-bond acceptors (Lipinski definition) is 4. The Morgan fingerprint density at radius 3 is 3.08 bits per heavy atom. The molecule has 0 spiro atoms. The summed E-state index contributed by atoms with van der Waals surface area (Å²) in [6.45, 7) is 1.49. The first kappa shape index (κ1) is 7.93. The van der Waals surface area contributed by atoms with Crippen molar-refractivity contribution in [1.29, 1.82) is 0 Å². The van der Waals surface area contributed by atoms with Gasteiger partial charge in [-0.3, -0.25) is 9.89 Å². The highest BCUT2D eigenvalue weighted by molar-refractivity contribution is 5.67. The molecule has 0 radical (unpaired) electrons. The molecule has 0 saturated heterocycles. The third-order valence-electron chi connectivity index (χ3n) is 1.73. The Morgan fingerprint density at radius 2 is 2.38 bits per heavy atom. The van der Waals surface area contributed by atoms with Crippen LogP contribution in [0.5, 0.6) is 0 Å². The van der Waals surface area contributed by atoms with Gasteiger partial charge >= 0.3 is 0 Å². The van der Waals surface area contributed by atoms with E-state index >= 15 is 0 Å². The lowest BCUT2D eigenvalue weighted by molar-refractivity contribution is 0.193. The quantitative estimate of drug-likeness (QED) is 0.561. The molecular weight excluding hydrogens is 172 g/mol. The monoisotopic (exact) mass is 180 g/mol. The lowest BCUT2D eigenvalue weighted by Crippen LogP contribution is -2.16. The Bertz CT molecular complexity index is 484. The molecule has 2 rings (SSSR count). The van der Waals surface area contributed by atoms with Crippen LogP contribution in [0.1, 0.15) is 18.7 Å². The Balaban J connectivity index is 2.77. The summed E-state index contributed by atoms with van der Waals surface area (Å²) in [5, 5.41) is 15.5. The van der Waals surface area contributed by atoms with Gasteiger partial charge in [-0.1, -0.05) is 0 Å². The number of aliphatic hydroxyl groups is 1. The van der Waals surface area contributed by atoms with E-state index in [1.54, 1.807) is 0 Å². The van der Waals surface area contributed by atoms with Gasteiger partial charge in [0, 0.05) is 0 Å². The van der Waals surface area contributed by atoms with E-state index in [1.165, 1.54) is 13.1 Å². The van der Waals surface area contributed by atoms with Gasteiger partial charge in [-0.2, -0.15) is 5.10 Å². The molecular formula is C7H8N4O2. The minimum atomic E-state index is -0.878. The molecule has 1 atom stereocenters. The molecule has 0 fully saturated rings. The molecule has 1 unspecified atom stereocenters. The summed E-state index contributed by atoms with van der Waals surface area (Å²) in [7, 11) is 0. The summed E-state index contributed by atoms with van der Waals surface area (Å²) in [6, 6.07) is 0. The van der Waals surface area contributed by atoms with Crippen LogP contribution >= 0.6 is 0 Å². The Morgan fingerprint density at radius 1 is 1.62 bits per heavy atom. The summed E-state index contributed by atoms with van der Waals surface area (Å²) in [6.07, 6.45) is 0.590. The minimum Gasteiger partial charge on any atom is -0.387 e. The van der Waals surface area contributed by atoms with E-state index in [0.29, 0.717) is 11.2 Å². The molecule has 68 valence electrons. The largest absolute Gasteiger partial charge is 0.387 e. The average molecular weight is 180 g/mol. The van der Waals surface area contributed by atoms with Crippen molar-refractivity contribution in [3.8, 4) is 0 Å². The maximum absolute atomic E-state index is 11.3. The number of nitrogens with one attached hydrogen (secondary N) is 2. The molecule has 0 amide bonds. The molecule has 0 bridgehead atoms. The van der Waals surface area contributed by atoms with Crippen molar-refractivity contribution in [3.05, 3.63) is 22.2 Å². The van der Waals surface area contributed by atoms with Gasteiger partial charge in [0.2, 0.25) is 0 Å². The fraction of sp³-hybridized carbons (Fsp3) is 0.286. The summed E-state index contributed by atoms with van der Waals surface area (Å²) >= 11 is 0. The molecule has 3 N–H and O–H groups in total.